The number of hydrogen-bond acceptors (Lipinski definition) is 1. The van der Waals surface area contributed by atoms with Crippen molar-refractivity contribution >= 4 is 17.3 Å². The molecular weight excluding hydrogens is 192 g/mol. The summed E-state index contributed by atoms with van der Waals surface area (Å²) in [5, 5.41) is 7.23. The lowest BCUT2D eigenvalue weighted by molar-refractivity contribution is -0.0825. The molecule has 0 aromatic carbocycles. The van der Waals surface area contributed by atoms with Gasteiger partial charge in [-0.1, -0.05) is 13.8 Å². The number of nitrogens with one attached hydrogen (secondary N) is 2. The van der Waals surface area contributed by atoms with E-state index in [0.29, 0.717) is 11.5 Å². The van der Waals surface area contributed by atoms with Gasteiger partial charge in [-0.15, -0.1) is 0 Å². The Morgan fingerprint density at radius 2 is 2.07 bits per heavy atom. The van der Waals surface area contributed by atoms with Crippen molar-refractivity contribution in [2.75, 3.05) is 7.05 Å². The fourth-order valence-corrected chi connectivity index (χ4v) is 3.38. The number of fused-ring (bicyclic) bond motifs is 2. The van der Waals surface area contributed by atoms with Crippen molar-refractivity contribution in [1.82, 2.24) is 10.6 Å². The van der Waals surface area contributed by atoms with Gasteiger partial charge in [0.15, 0.2) is 5.11 Å². The van der Waals surface area contributed by atoms with Gasteiger partial charge in [-0.05, 0) is 48.7 Å². The molecule has 0 aromatic rings. The average molecular weight is 212 g/mol. The zero-order valence-corrected chi connectivity index (χ0v) is 10.1. The Bertz CT molecular complexity index is 248. The Morgan fingerprint density at radius 1 is 1.36 bits per heavy atom. The number of rotatable bonds is 1. The Balaban J connectivity index is 1.97. The second kappa shape index (κ2) is 3.37. The van der Waals surface area contributed by atoms with E-state index in [2.05, 4.69) is 24.5 Å². The Morgan fingerprint density at radius 3 is 2.57 bits per heavy atom. The van der Waals surface area contributed by atoms with E-state index in [1.165, 1.54) is 19.3 Å². The standard InChI is InChI=1S/C11H20N2S/c1-11(2)7-4-5-9(8(11)6-7)13-10(14)12-3/h7-9H,4-6H2,1-3H3,(H2,12,13,14). The normalized spacial score (nSPS) is 38.4. The molecule has 0 spiro atoms. The molecule has 0 saturated heterocycles. The van der Waals surface area contributed by atoms with E-state index in [4.69, 9.17) is 12.2 Å². The summed E-state index contributed by atoms with van der Waals surface area (Å²) in [5.41, 5.74) is 0.541. The molecule has 2 bridgehead atoms. The maximum Gasteiger partial charge on any atom is 0.166 e. The third kappa shape index (κ3) is 1.42. The van der Waals surface area contributed by atoms with Gasteiger partial charge in [-0.25, -0.2) is 0 Å². The molecule has 3 atom stereocenters. The van der Waals surface area contributed by atoms with E-state index in [1.807, 2.05) is 7.05 Å². The van der Waals surface area contributed by atoms with Crippen LogP contribution in [-0.4, -0.2) is 18.2 Å². The molecule has 3 aliphatic rings. The van der Waals surface area contributed by atoms with Crippen LogP contribution >= 0.6 is 12.2 Å². The quantitative estimate of drug-likeness (QED) is 0.649. The SMILES string of the molecule is CNC(=S)NC1CCC2CC1C2(C)C. The van der Waals surface area contributed by atoms with Crippen LogP contribution < -0.4 is 10.6 Å². The predicted molar refractivity (Wildman–Crippen MR) is 63.2 cm³/mol. The van der Waals surface area contributed by atoms with Crippen LogP contribution in [-0.2, 0) is 0 Å². The van der Waals surface area contributed by atoms with Crippen LogP contribution in [0.25, 0.3) is 0 Å². The van der Waals surface area contributed by atoms with E-state index in [-0.39, 0.29) is 0 Å². The van der Waals surface area contributed by atoms with Crippen molar-refractivity contribution in [3.63, 3.8) is 0 Å². The Kier molecular flexibility index (Phi) is 2.46. The molecular formula is C11H20N2S. The van der Waals surface area contributed by atoms with Crippen LogP contribution in [0.15, 0.2) is 0 Å². The number of hydrogen-bond donors (Lipinski definition) is 2. The summed E-state index contributed by atoms with van der Waals surface area (Å²) in [6.07, 6.45) is 4.06. The first-order valence-electron chi connectivity index (χ1n) is 5.54. The highest BCUT2D eigenvalue weighted by molar-refractivity contribution is 7.80. The molecule has 0 aliphatic heterocycles. The van der Waals surface area contributed by atoms with E-state index < -0.39 is 0 Å². The van der Waals surface area contributed by atoms with Crippen LogP contribution in [0.3, 0.4) is 0 Å². The van der Waals surface area contributed by atoms with Crippen molar-refractivity contribution in [3.8, 4) is 0 Å². The molecule has 3 unspecified atom stereocenters. The summed E-state index contributed by atoms with van der Waals surface area (Å²) in [6.45, 7) is 4.81. The maximum absolute atomic E-state index is 5.16. The molecule has 80 valence electrons. The summed E-state index contributed by atoms with van der Waals surface area (Å²) in [4.78, 5) is 0. The second-order valence-electron chi connectivity index (χ2n) is 5.27. The smallest absolute Gasteiger partial charge is 0.166 e. The zero-order chi connectivity index (χ0) is 10.3. The Hall–Kier alpha value is -0.310. The Labute approximate surface area is 91.8 Å². The topological polar surface area (TPSA) is 24.1 Å². The van der Waals surface area contributed by atoms with Crippen LogP contribution in [0.5, 0.6) is 0 Å². The molecule has 3 rings (SSSR count). The molecule has 14 heavy (non-hydrogen) atoms. The average Bonchev–Trinajstić information content (AvgIpc) is 2.17. The molecule has 0 amide bonds. The highest BCUT2D eigenvalue weighted by Crippen LogP contribution is 2.58. The molecule has 2 nitrogen and oxygen atoms in total. The molecule has 3 fully saturated rings. The van der Waals surface area contributed by atoms with Gasteiger partial charge in [0.25, 0.3) is 0 Å². The lowest BCUT2D eigenvalue weighted by atomic mass is 9.47. The van der Waals surface area contributed by atoms with Gasteiger partial charge in [0.1, 0.15) is 0 Å². The molecule has 0 radical (unpaired) electrons. The first-order valence-corrected chi connectivity index (χ1v) is 5.94. The summed E-state index contributed by atoms with van der Waals surface area (Å²) >= 11 is 5.16. The van der Waals surface area contributed by atoms with Crippen LogP contribution in [0.2, 0.25) is 0 Å². The van der Waals surface area contributed by atoms with Crippen molar-refractivity contribution in [3.05, 3.63) is 0 Å². The summed E-state index contributed by atoms with van der Waals surface area (Å²) in [6, 6.07) is 0.606. The van der Waals surface area contributed by atoms with Gasteiger partial charge in [-0.2, -0.15) is 0 Å². The van der Waals surface area contributed by atoms with Gasteiger partial charge >= 0.3 is 0 Å². The van der Waals surface area contributed by atoms with Gasteiger partial charge in [0.05, 0.1) is 0 Å². The third-order valence-electron chi connectivity index (χ3n) is 4.40. The lowest BCUT2D eigenvalue weighted by Crippen LogP contribution is -2.60. The fraction of sp³-hybridized carbons (Fsp3) is 0.909. The van der Waals surface area contributed by atoms with Crippen molar-refractivity contribution in [2.45, 2.75) is 39.2 Å². The van der Waals surface area contributed by atoms with Crippen LogP contribution in [0, 0.1) is 17.3 Å². The van der Waals surface area contributed by atoms with Crippen LogP contribution in [0.1, 0.15) is 33.1 Å². The van der Waals surface area contributed by atoms with E-state index in [1.54, 1.807) is 0 Å². The molecule has 2 N–H and O–H groups in total. The highest BCUT2D eigenvalue weighted by atomic mass is 32.1. The molecule has 3 aliphatic carbocycles. The summed E-state index contributed by atoms with van der Waals surface area (Å²) in [5.74, 6) is 1.79. The van der Waals surface area contributed by atoms with E-state index in [0.717, 1.165) is 16.9 Å². The lowest BCUT2D eigenvalue weighted by Gasteiger charge is -2.60. The molecule has 0 aromatic heterocycles. The van der Waals surface area contributed by atoms with E-state index >= 15 is 0 Å². The first kappa shape index (κ1) is 10.2. The predicted octanol–water partition coefficient (Wildman–Crippen LogP) is 1.90. The summed E-state index contributed by atoms with van der Waals surface area (Å²) < 4.78 is 0. The number of thiocarbonyl (C=S) groups is 1. The minimum atomic E-state index is 0.541. The minimum absolute atomic E-state index is 0.541. The third-order valence-corrected chi connectivity index (χ3v) is 4.72. The van der Waals surface area contributed by atoms with Gasteiger partial charge in [0.2, 0.25) is 0 Å². The van der Waals surface area contributed by atoms with Crippen LogP contribution in [0.4, 0.5) is 0 Å². The van der Waals surface area contributed by atoms with E-state index in [9.17, 15) is 0 Å². The summed E-state index contributed by atoms with van der Waals surface area (Å²) in [7, 11) is 1.88. The van der Waals surface area contributed by atoms with Crippen molar-refractivity contribution in [2.24, 2.45) is 17.3 Å². The van der Waals surface area contributed by atoms with Crippen molar-refractivity contribution < 1.29 is 0 Å². The largest absolute Gasteiger partial charge is 0.366 e. The molecule has 0 heterocycles. The van der Waals surface area contributed by atoms with Gasteiger partial charge in [0, 0.05) is 13.1 Å². The van der Waals surface area contributed by atoms with Gasteiger partial charge < -0.3 is 10.6 Å². The van der Waals surface area contributed by atoms with Crippen molar-refractivity contribution in [1.29, 1.82) is 0 Å². The maximum atomic E-state index is 5.16. The second-order valence-corrected chi connectivity index (χ2v) is 5.68. The fourth-order valence-electron chi connectivity index (χ4n) is 3.22. The molecule has 3 saturated carbocycles. The zero-order valence-electron chi connectivity index (χ0n) is 9.26. The highest BCUT2D eigenvalue weighted by Gasteiger charge is 2.54. The minimum Gasteiger partial charge on any atom is -0.366 e. The monoisotopic (exact) mass is 212 g/mol. The van der Waals surface area contributed by atoms with Gasteiger partial charge in [-0.3, -0.25) is 0 Å². The molecule has 3 heteroatoms. The first-order chi connectivity index (χ1) is 6.55.